The van der Waals surface area contributed by atoms with Crippen LogP contribution in [0.4, 0.5) is 23.2 Å². The fraction of sp³-hybridized carbons (Fsp3) is 0.294. The van der Waals surface area contributed by atoms with Crippen LogP contribution in [0, 0.1) is 13.8 Å². The number of carbonyl (C=O) groups excluding carboxylic acids is 2. The Balaban J connectivity index is 1.97. The largest absolute Gasteiger partial charge is 0.365 e. The Morgan fingerprint density at radius 3 is 2.38 bits per heavy atom. The fourth-order valence-electron chi connectivity index (χ4n) is 2.83. The number of hydrogen-bond donors (Lipinski definition) is 2. The molecule has 2 amide bonds. The van der Waals surface area contributed by atoms with Crippen LogP contribution in [0.5, 0.6) is 0 Å². The van der Waals surface area contributed by atoms with Gasteiger partial charge in [-0.2, -0.15) is 5.10 Å². The van der Waals surface area contributed by atoms with Gasteiger partial charge in [-0.1, -0.05) is 0 Å². The normalized spacial score (nSPS) is 11.6. The Morgan fingerprint density at radius 1 is 1.17 bits per heavy atom. The zero-order valence-corrected chi connectivity index (χ0v) is 16.0. The van der Waals surface area contributed by atoms with Gasteiger partial charge in [-0.25, -0.2) is 22.5 Å². The van der Waals surface area contributed by atoms with Gasteiger partial charge in [-0.15, -0.1) is 11.3 Å². The van der Waals surface area contributed by atoms with Gasteiger partial charge < -0.3 is 11.1 Å². The summed E-state index contributed by atoms with van der Waals surface area (Å²) in [4.78, 5) is 28.2. The lowest BCUT2D eigenvalue weighted by Gasteiger charge is -2.09. The Labute approximate surface area is 165 Å². The zero-order valence-electron chi connectivity index (χ0n) is 15.2. The second-order valence-electron chi connectivity index (χ2n) is 6.23. The van der Waals surface area contributed by atoms with E-state index in [0.29, 0.717) is 16.6 Å². The maximum atomic E-state index is 13.0. The Bertz CT molecular complexity index is 1110. The first-order chi connectivity index (χ1) is 13.6. The van der Waals surface area contributed by atoms with Gasteiger partial charge >= 0.3 is 0 Å². The highest BCUT2D eigenvalue weighted by Gasteiger charge is 2.23. The smallest absolute Gasteiger partial charge is 0.282 e. The molecule has 0 fully saturated rings. The Morgan fingerprint density at radius 2 is 1.83 bits per heavy atom. The number of carbonyl (C=O) groups is 2. The summed E-state index contributed by atoms with van der Waals surface area (Å²) in [5, 5.41) is 6.49. The van der Waals surface area contributed by atoms with Gasteiger partial charge in [0.05, 0.1) is 5.69 Å². The quantitative estimate of drug-likeness (QED) is 0.583. The summed E-state index contributed by atoms with van der Waals surface area (Å²) in [5.41, 5.74) is 5.20. The molecule has 0 aromatic carbocycles. The van der Waals surface area contributed by atoms with Gasteiger partial charge in [-0.05, 0) is 31.5 Å². The molecule has 0 atom stereocenters. The van der Waals surface area contributed by atoms with Crippen LogP contribution in [0.1, 0.15) is 45.2 Å². The zero-order chi connectivity index (χ0) is 21.5. The first-order valence-electron chi connectivity index (χ1n) is 8.22. The van der Waals surface area contributed by atoms with Gasteiger partial charge in [0.1, 0.15) is 27.6 Å². The van der Waals surface area contributed by atoms with Crippen LogP contribution >= 0.6 is 11.3 Å². The minimum Gasteiger partial charge on any atom is -0.365 e. The molecule has 12 heteroatoms. The number of aromatic nitrogens is 3. The van der Waals surface area contributed by atoms with Crippen molar-refractivity contribution in [2.75, 3.05) is 5.32 Å². The van der Waals surface area contributed by atoms with E-state index < -0.39 is 42.6 Å². The second-order valence-corrected chi connectivity index (χ2v) is 7.23. The highest BCUT2D eigenvalue weighted by Crippen LogP contribution is 2.38. The molecule has 0 saturated heterocycles. The van der Waals surface area contributed by atoms with Crippen LogP contribution < -0.4 is 11.1 Å². The van der Waals surface area contributed by atoms with E-state index in [9.17, 15) is 27.2 Å². The van der Waals surface area contributed by atoms with Crippen molar-refractivity contribution in [2.45, 2.75) is 33.2 Å². The number of pyridine rings is 1. The first-order valence-corrected chi connectivity index (χ1v) is 9.04. The van der Waals surface area contributed by atoms with Crippen molar-refractivity contribution in [1.29, 1.82) is 0 Å². The van der Waals surface area contributed by atoms with Crippen LogP contribution in [-0.4, -0.2) is 26.6 Å². The molecule has 3 aromatic rings. The minimum atomic E-state index is -2.80. The number of amides is 2. The van der Waals surface area contributed by atoms with Gasteiger partial charge in [0.25, 0.3) is 18.8 Å². The molecule has 7 nitrogen and oxygen atoms in total. The van der Waals surface area contributed by atoms with Crippen LogP contribution in [0.25, 0.3) is 10.2 Å². The topological polar surface area (TPSA) is 103 Å². The molecule has 0 aliphatic carbocycles. The summed E-state index contributed by atoms with van der Waals surface area (Å²) in [6, 6.07) is 2.32. The molecule has 0 spiro atoms. The minimum absolute atomic E-state index is 0.0483. The average Bonchev–Trinajstić information content (AvgIpc) is 3.16. The molecule has 3 heterocycles. The van der Waals surface area contributed by atoms with Crippen LogP contribution in [-0.2, 0) is 11.3 Å². The van der Waals surface area contributed by atoms with Gasteiger partial charge in [0.15, 0.2) is 0 Å². The van der Waals surface area contributed by atoms with Crippen molar-refractivity contribution in [1.82, 2.24) is 14.8 Å². The van der Waals surface area contributed by atoms with Crippen LogP contribution in [0.3, 0.4) is 0 Å². The van der Waals surface area contributed by atoms with Crippen molar-refractivity contribution >= 4 is 39.1 Å². The number of hydrogen-bond acceptors (Lipinski definition) is 5. The lowest BCUT2D eigenvalue weighted by Crippen LogP contribution is -2.22. The van der Waals surface area contributed by atoms with E-state index in [2.05, 4.69) is 15.4 Å². The van der Waals surface area contributed by atoms with E-state index in [1.807, 2.05) is 0 Å². The summed E-state index contributed by atoms with van der Waals surface area (Å²) in [6.45, 7) is 2.66. The third kappa shape index (κ3) is 4.06. The molecule has 0 aliphatic rings. The molecule has 154 valence electrons. The average molecular weight is 429 g/mol. The number of halogens is 4. The second kappa shape index (κ2) is 7.78. The monoisotopic (exact) mass is 429 g/mol. The number of nitrogens with two attached hydrogens (primary N) is 1. The van der Waals surface area contributed by atoms with Gasteiger partial charge in [-0.3, -0.25) is 14.3 Å². The predicted octanol–water partition coefficient (Wildman–Crippen LogP) is 3.72. The number of anilines is 1. The maximum Gasteiger partial charge on any atom is 0.282 e. The molecular weight excluding hydrogens is 414 g/mol. The highest BCUT2D eigenvalue weighted by molar-refractivity contribution is 7.21. The summed E-state index contributed by atoms with van der Waals surface area (Å²) in [6.07, 6.45) is -5.58. The SMILES string of the molecule is Cc1cc(C(F)F)nc2sc(C(N)=O)c(NC(=O)Cn3nc(C(F)F)cc3C)c12. The number of aryl methyl sites for hydroxylation is 2. The summed E-state index contributed by atoms with van der Waals surface area (Å²) >= 11 is 0.782. The van der Waals surface area contributed by atoms with Crippen molar-refractivity contribution in [3.8, 4) is 0 Å². The maximum absolute atomic E-state index is 13.0. The van der Waals surface area contributed by atoms with Crippen molar-refractivity contribution in [2.24, 2.45) is 5.73 Å². The third-order valence-corrected chi connectivity index (χ3v) is 5.21. The van der Waals surface area contributed by atoms with Crippen LogP contribution in [0.2, 0.25) is 0 Å². The predicted molar refractivity (Wildman–Crippen MR) is 98.4 cm³/mol. The lowest BCUT2D eigenvalue weighted by atomic mass is 10.1. The molecule has 3 N–H and O–H groups in total. The molecular formula is C17H15F4N5O2S. The van der Waals surface area contributed by atoms with E-state index in [0.717, 1.165) is 28.2 Å². The molecule has 0 radical (unpaired) electrons. The van der Waals surface area contributed by atoms with E-state index >= 15 is 0 Å². The number of fused-ring (bicyclic) bond motifs is 1. The molecule has 0 bridgehead atoms. The fourth-order valence-corrected chi connectivity index (χ4v) is 3.89. The third-order valence-electron chi connectivity index (χ3n) is 4.11. The number of nitrogens with one attached hydrogen (secondary N) is 1. The van der Waals surface area contributed by atoms with Crippen LogP contribution in [0.15, 0.2) is 12.1 Å². The Hall–Kier alpha value is -3.02. The number of rotatable bonds is 6. The highest BCUT2D eigenvalue weighted by atomic mass is 32.1. The van der Waals surface area contributed by atoms with Gasteiger partial charge in [0.2, 0.25) is 5.91 Å². The first kappa shape index (κ1) is 20.7. The summed E-state index contributed by atoms with van der Waals surface area (Å²) in [7, 11) is 0. The lowest BCUT2D eigenvalue weighted by molar-refractivity contribution is -0.116. The summed E-state index contributed by atoms with van der Waals surface area (Å²) < 4.78 is 52.6. The summed E-state index contributed by atoms with van der Waals surface area (Å²) in [5.74, 6) is -1.52. The molecule has 0 aliphatic heterocycles. The Kier molecular flexibility index (Phi) is 5.55. The number of alkyl halides is 4. The molecule has 0 unspecified atom stereocenters. The van der Waals surface area contributed by atoms with Crippen molar-refractivity contribution in [3.63, 3.8) is 0 Å². The van der Waals surface area contributed by atoms with E-state index in [1.165, 1.54) is 13.8 Å². The number of primary amides is 1. The standard InChI is InChI=1S/C17H15F4N5O2S/c1-6-3-8(14(18)19)23-17-11(6)12(13(29-17)16(22)28)24-10(27)5-26-7(2)4-9(25-26)15(20)21/h3-4,14-15H,5H2,1-2H3,(H2,22,28)(H,24,27). The number of thiophene rings is 1. The van der Waals surface area contributed by atoms with E-state index in [-0.39, 0.29) is 15.4 Å². The van der Waals surface area contributed by atoms with E-state index in [1.54, 1.807) is 0 Å². The molecule has 0 saturated carbocycles. The van der Waals surface area contributed by atoms with Crippen molar-refractivity contribution < 1.29 is 27.2 Å². The van der Waals surface area contributed by atoms with E-state index in [4.69, 9.17) is 5.73 Å². The molecule has 29 heavy (non-hydrogen) atoms. The number of nitrogens with zero attached hydrogens (tertiary/aromatic N) is 3. The van der Waals surface area contributed by atoms with Gasteiger partial charge in [0, 0.05) is 11.1 Å². The molecule has 3 rings (SSSR count). The molecule has 3 aromatic heterocycles. The van der Waals surface area contributed by atoms with Crippen molar-refractivity contribution in [3.05, 3.63) is 39.7 Å².